The van der Waals surface area contributed by atoms with Gasteiger partial charge in [0.1, 0.15) is 39.9 Å². The number of ether oxygens (including phenoxy) is 3. The highest BCUT2D eigenvalue weighted by Gasteiger charge is 2.29. The van der Waals surface area contributed by atoms with E-state index in [9.17, 15) is 0 Å². The van der Waals surface area contributed by atoms with Gasteiger partial charge in [-0.3, -0.25) is 0 Å². The van der Waals surface area contributed by atoms with Gasteiger partial charge in [0.05, 0.1) is 43.7 Å². The average molecular weight is 565 g/mol. The summed E-state index contributed by atoms with van der Waals surface area (Å²) in [5.74, 6) is 2.39. The van der Waals surface area contributed by atoms with Crippen LogP contribution in [-0.4, -0.2) is 62.8 Å². The van der Waals surface area contributed by atoms with E-state index < -0.39 is 0 Å². The zero-order valence-corrected chi connectivity index (χ0v) is 23.7. The maximum absolute atomic E-state index is 6.69. The molecule has 1 N–H and O–H groups in total. The number of rotatable bonds is 11. The van der Waals surface area contributed by atoms with Crippen LogP contribution < -0.4 is 19.7 Å². The Kier molecular flexibility index (Phi) is 9.50. The van der Waals surface area contributed by atoms with E-state index in [1.165, 1.54) is 0 Å². The molecule has 2 aromatic heterocycles. The lowest BCUT2D eigenvalue weighted by molar-refractivity contribution is 0.0956. The van der Waals surface area contributed by atoms with Crippen LogP contribution in [0.15, 0.2) is 40.8 Å². The zero-order valence-electron chi connectivity index (χ0n) is 21.4. The number of benzene rings is 1. The molecular weight excluding hydrogens is 533 g/mol. The van der Waals surface area contributed by atoms with Crippen molar-refractivity contribution >= 4 is 57.6 Å². The number of pyridine rings is 1. The molecule has 37 heavy (non-hydrogen) atoms. The minimum Gasteiger partial charge on any atom is -0.495 e. The lowest BCUT2D eigenvalue weighted by atomic mass is 10.2. The van der Waals surface area contributed by atoms with E-state index in [0.29, 0.717) is 52.9 Å². The second-order valence-electron chi connectivity index (χ2n) is 8.22. The standard InChI is InChI=1S/C26H31Cl2N5O3S/c1-5-32(6-2)10-11-36-15-17-7-9-29-21(13-17)31-26-25-18(8-12-37-25)33(16-30-26)24-22(27)19(34-3)14-20(35-4)23(24)28/h7-9,12-14H,5-6,10-11,15-16H2,1-4H3,(H,29,30,31). The summed E-state index contributed by atoms with van der Waals surface area (Å²) in [7, 11) is 3.11. The summed E-state index contributed by atoms with van der Waals surface area (Å²) in [6, 6.07) is 7.64. The van der Waals surface area contributed by atoms with Crippen molar-refractivity contribution in [3.63, 3.8) is 0 Å². The number of halogens is 2. The number of likely N-dealkylation sites (N-methyl/N-ethyl adjacent to an activating group) is 1. The average Bonchev–Trinajstić information content (AvgIpc) is 3.41. The first-order valence-corrected chi connectivity index (χ1v) is 13.7. The molecule has 1 aromatic carbocycles. The number of nitrogens with zero attached hydrogens (tertiary/aromatic N) is 4. The second kappa shape index (κ2) is 12.8. The molecule has 4 rings (SSSR count). The first kappa shape index (κ1) is 27.5. The predicted octanol–water partition coefficient (Wildman–Crippen LogP) is 6.29. The van der Waals surface area contributed by atoms with E-state index in [1.54, 1.807) is 37.8 Å². The molecule has 1 aliphatic heterocycles. The Morgan fingerprint density at radius 2 is 1.81 bits per heavy atom. The summed E-state index contributed by atoms with van der Waals surface area (Å²) in [6.45, 7) is 8.81. The van der Waals surface area contributed by atoms with Gasteiger partial charge in [0, 0.05) is 18.8 Å². The summed E-state index contributed by atoms with van der Waals surface area (Å²) >= 11 is 14.9. The highest BCUT2D eigenvalue weighted by Crippen LogP contribution is 2.49. The number of aliphatic imine (C=N–C) groups is 1. The number of aromatic nitrogens is 1. The van der Waals surface area contributed by atoms with Gasteiger partial charge >= 0.3 is 0 Å². The zero-order chi connectivity index (χ0) is 26.4. The van der Waals surface area contributed by atoms with E-state index in [0.717, 1.165) is 41.6 Å². The molecule has 0 unspecified atom stereocenters. The van der Waals surface area contributed by atoms with Gasteiger partial charge in [0.15, 0.2) is 0 Å². The van der Waals surface area contributed by atoms with Crippen LogP contribution >= 0.6 is 34.5 Å². The van der Waals surface area contributed by atoms with Crippen molar-refractivity contribution in [1.82, 2.24) is 9.88 Å². The van der Waals surface area contributed by atoms with E-state index in [2.05, 4.69) is 29.0 Å². The third-order valence-electron chi connectivity index (χ3n) is 6.13. The summed E-state index contributed by atoms with van der Waals surface area (Å²) < 4.78 is 16.8. The number of hydrogen-bond acceptors (Lipinski definition) is 9. The van der Waals surface area contributed by atoms with Crippen LogP contribution in [-0.2, 0) is 11.3 Å². The summed E-state index contributed by atoms with van der Waals surface area (Å²) in [4.78, 5) is 14.5. The number of amidine groups is 1. The van der Waals surface area contributed by atoms with E-state index >= 15 is 0 Å². The molecule has 0 saturated carbocycles. The molecule has 8 nitrogen and oxygen atoms in total. The van der Waals surface area contributed by atoms with Crippen molar-refractivity contribution in [3.05, 3.63) is 56.3 Å². The van der Waals surface area contributed by atoms with Crippen LogP contribution in [0.2, 0.25) is 10.0 Å². The fourth-order valence-corrected chi connectivity index (χ4v) is 5.62. The van der Waals surface area contributed by atoms with Crippen LogP contribution in [0.5, 0.6) is 11.5 Å². The maximum atomic E-state index is 6.69. The summed E-state index contributed by atoms with van der Waals surface area (Å²) in [5.41, 5.74) is 2.56. The van der Waals surface area contributed by atoms with Gasteiger partial charge in [-0.2, -0.15) is 0 Å². The molecular formula is C26H31Cl2N5O3S. The van der Waals surface area contributed by atoms with E-state index in [-0.39, 0.29) is 0 Å². The maximum Gasteiger partial charge on any atom is 0.148 e. The molecule has 0 atom stereocenters. The molecule has 0 amide bonds. The molecule has 11 heteroatoms. The van der Waals surface area contributed by atoms with Gasteiger partial charge in [0.2, 0.25) is 0 Å². The topological polar surface area (TPSA) is 71.5 Å². The lowest BCUT2D eigenvalue weighted by Crippen LogP contribution is -2.28. The monoisotopic (exact) mass is 563 g/mol. The Labute approximate surface area is 231 Å². The van der Waals surface area contributed by atoms with E-state index in [4.69, 9.17) is 42.4 Å². The molecule has 3 aromatic rings. The van der Waals surface area contributed by atoms with Crippen LogP contribution in [0, 0.1) is 0 Å². The summed E-state index contributed by atoms with van der Waals surface area (Å²) in [5, 5.41) is 6.18. The molecule has 0 bridgehead atoms. The first-order chi connectivity index (χ1) is 18.0. The second-order valence-corrected chi connectivity index (χ2v) is 9.89. The minimum absolute atomic E-state index is 0.302. The smallest absolute Gasteiger partial charge is 0.148 e. The van der Waals surface area contributed by atoms with Gasteiger partial charge in [-0.1, -0.05) is 37.0 Å². The molecule has 198 valence electrons. The van der Waals surface area contributed by atoms with Crippen molar-refractivity contribution in [1.29, 1.82) is 0 Å². The number of fused-ring (bicyclic) bond motifs is 1. The Morgan fingerprint density at radius 3 is 2.49 bits per heavy atom. The molecule has 1 aliphatic rings. The first-order valence-electron chi connectivity index (χ1n) is 12.0. The van der Waals surface area contributed by atoms with Gasteiger partial charge < -0.3 is 29.3 Å². The number of nitrogens with one attached hydrogen (secondary N) is 1. The molecule has 0 spiro atoms. The normalized spacial score (nSPS) is 12.9. The van der Waals surface area contributed by atoms with Gasteiger partial charge in [-0.15, -0.1) is 11.3 Å². The van der Waals surface area contributed by atoms with Crippen molar-refractivity contribution in [2.24, 2.45) is 4.99 Å². The van der Waals surface area contributed by atoms with Crippen molar-refractivity contribution in [3.8, 4) is 11.5 Å². The van der Waals surface area contributed by atoms with Crippen LogP contribution in [0.1, 0.15) is 24.3 Å². The van der Waals surface area contributed by atoms with Crippen molar-refractivity contribution in [2.75, 3.05) is 57.3 Å². The van der Waals surface area contributed by atoms with Crippen molar-refractivity contribution in [2.45, 2.75) is 20.5 Å². The Morgan fingerprint density at radius 1 is 1.08 bits per heavy atom. The van der Waals surface area contributed by atoms with Gasteiger partial charge in [-0.25, -0.2) is 9.98 Å². The SMILES string of the molecule is CCN(CC)CCOCc1ccnc(NC2=NCN(c3c(Cl)c(OC)cc(OC)c3Cl)c3ccsc32)c1. The highest BCUT2D eigenvalue weighted by atomic mass is 35.5. The molecule has 0 saturated heterocycles. The predicted molar refractivity (Wildman–Crippen MR) is 153 cm³/mol. The number of hydrogen-bond donors (Lipinski definition) is 1. The number of methoxy groups -OCH3 is 2. The third kappa shape index (κ3) is 6.13. The molecule has 0 aliphatic carbocycles. The quantitative estimate of drug-likeness (QED) is 0.275. The lowest BCUT2D eigenvalue weighted by Gasteiger charge is -2.30. The molecule has 0 fully saturated rings. The largest absolute Gasteiger partial charge is 0.495 e. The van der Waals surface area contributed by atoms with Gasteiger partial charge in [-0.05, 0) is 42.2 Å². The minimum atomic E-state index is 0.302. The fourth-order valence-electron chi connectivity index (χ4n) is 4.06. The number of anilines is 3. The Bertz CT molecular complexity index is 1220. The Balaban J connectivity index is 1.51. The Hall–Kier alpha value is -2.56. The fraction of sp³-hybridized carbons (Fsp3) is 0.385. The van der Waals surface area contributed by atoms with Crippen molar-refractivity contribution < 1.29 is 14.2 Å². The van der Waals surface area contributed by atoms with Gasteiger partial charge in [0.25, 0.3) is 0 Å². The van der Waals surface area contributed by atoms with E-state index in [1.807, 2.05) is 28.5 Å². The van der Waals surface area contributed by atoms with Crippen LogP contribution in [0.4, 0.5) is 17.2 Å². The summed E-state index contributed by atoms with van der Waals surface area (Å²) in [6.07, 6.45) is 1.78. The third-order valence-corrected chi connectivity index (χ3v) is 7.77. The van der Waals surface area contributed by atoms with Crippen LogP contribution in [0.3, 0.4) is 0 Å². The van der Waals surface area contributed by atoms with Crippen LogP contribution in [0.25, 0.3) is 0 Å². The molecule has 0 radical (unpaired) electrons. The highest BCUT2D eigenvalue weighted by molar-refractivity contribution is 7.13. The molecule has 3 heterocycles. The number of thiophene rings is 1.